The lowest BCUT2D eigenvalue weighted by Crippen LogP contribution is -2.13. The van der Waals surface area contributed by atoms with Gasteiger partial charge in [-0.1, -0.05) is 64.1 Å². The number of fused-ring (bicyclic) bond motifs is 1. The van der Waals surface area contributed by atoms with Crippen molar-refractivity contribution in [2.75, 3.05) is 0 Å². The molecule has 0 radical (unpaired) electrons. The van der Waals surface area contributed by atoms with Crippen LogP contribution in [0.2, 0.25) is 0 Å². The molecule has 0 N–H and O–H groups in total. The van der Waals surface area contributed by atoms with E-state index in [1.807, 2.05) is 43.3 Å². The molecular formula is C29H28O4. The lowest BCUT2D eigenvalue weighted by Gasteiger charge is -2.18. The fourth-order valence-corrected chi connectivity index (χ4v) is 3.81. The molecule has 0 aliphatic carbocycles. The van der Waals surface area contributed by atoms with Gasteiger partial charge in [-0.15, -0.1) is 0 Å². The molecule has 0 unspecified atom stereocenters. The second kappa shape index (κ2) is 8.70. The summed E-state index contributed by atoms with van der Waals surface area (Å²) in [6, 6.07) is 18.7. The van der Waals surface area contributed by atoms with Gasteiger partial charge in [0.05, 0.1) is 11.1 Å². The minimum absolute atomic E-state index is 0.00662. The summed E-state index contributed by atoms with van der Waals surface area (Å²) in [5.74, 6) is 0.391. The summed E-state index contributed by atoms with van der Waals surface area (Å²) < 4.78 is 11.5. The van der Waals surface area contributed by atoms with Crippen molar-refractivity contribution in [3.05, 3.63) is 99.8 Å². The molecule has 0 bridgehead atoms. The highest BCUT2D eigenvalue weighted by Gasteiger charge is 2.30. The maximum absolute atomic E-state index is 12.9. The highest BCUT2D eigenvalue weighted by atomic mass is 16.5. The van der Waals surface area contributed by atoms with E-state index >= 15 is 0 Å². The Hall–Kier alpha value is -3.66. The van der Waals surface area contributed by atoms with Crippen LogP contribution in [0.1, 0.15) is 70.7 Å². The Labute approximate surface area is 194 Å². The fraction of sp³-hybridized carbons (Fsp3) is 0.241. The number of ether oxygens (including phenoxy) is 2. The summed E-state index contributed by atoms with van der Waals surface area (Å²) >= 11 is 0. The molecule has 0 amide bonds. The molecular weight excluding hydrogens is 412 g/mol. The quantitative estimate of drug-likeness (QED) is 0.258. The largest absolute Gasteiger partial charge is 0.452 e. The summed E-state index contributed by atoms with van der Waals surface area (Å²) in [5.41, 5.74) is 4.94. The first-order valence-corrected chi connectivity index (χ1v) is 11.2. The standard InChI is InChI=1S/C29H28O4/c1-6-19-7-9-20(10-8-19)16-25-27(30)26-18(2)15-23(17-24(26)33-25)32-28(31)21-11-13-22(14-12-21)29(3,4)5/h7-17H,6H2,1-5H3/b25-16-. The zero-order valence-corrected chi connectivity index (χ0v) is 19.7. The molecule has 0 saturated carbocycles. The first-order chi connectivity index (χ1) is 15.7. The topological polar surface area (TPSA) is 52.6 Å². The van der Waals surface area contributed by atoms with Gasteiger partial charge in [-0.2, -0.15) is 0 Å². The minimum atomic E-state index is -0.453. The molecule has 1 heterocycles. The van der Waals surface area contributed by atoms with Crippen molar-refractivity contribution < 1.29 is 19.1 Å². The van der Waals surface area contributed by atoms with Gasteiger partial charge in [-0.25, -0.2) is 4.79 Å². The van der Waals surface area contributed by atoms with E-state index in [2.05, 4.69) is 27.7 Å². The van der Waals surface area contributed by atoms with E-state index in [4.69, 9.17) is 9.47 Å². The van der Waals surface area contributed by atoms with Crippen LogP contribution in [-0.2, 0) is 11.8 Å². The van der Waals surface area contributed by atoms with E-state index in [0.717, 1.165) is 17.5 Å². The molecule has 0 fully saturated rings. The van der Waals surface area contributed by atoms with E-state index in [1.165, 1.54) is 5.56 Å². The number of carbonyl (C=O) groups is 2. The zero-order chi connectivity index (χ0) is 23.8. The van der Waals surface area contributed by atoms with Crippen LogP contribution in [0.5, 0.6) is 11.5 Å². The van der Waals surface area contributed by atoms with E-state index in [-0.39, 0.29) is 17.0 Å². The smallest absolute Gasteiger partial charge is 0.343 e. The lowest BCUT2D eigenvalue weighted by atomic mass is 9.87. The SMILES string of the molecule is CCc1ccc(/C=C2\Oc3cc(OC(=O)c4ccc(C(C)(C)C)cc4)cc(C)c3C2=O)cc1. The van der Waals surface area contributed by atoms with Gasteiger partial charge in [-0.05, 0) is 65.3 Å². The highest BCUT2D eigenvalue weighted by molar-refractivity contribution is 6.15. The van der Waals surface area contributed by atoms with E-state index in [0.29, 0.717) is 28.2 Å². The molecule has 4 rings (SSSR count). The van der Waals surface area contributed by atoms with Gasteiger partial charge in [0.2, 0.25) is 5.78 Å². The van der Waals surface area contributed by atoms with E-state index < -0.39 is 5.97 Å². The number of hydrogen-bond acceptors (Lipinski definition) is 4. The molecule has 1 aliphatic heterocycles. The van der Waals surface area contributed by atoms with Crippen LogP contribution >= 0.6 is 0 Å². The summed E-state index contributed by atoms with van der Waals surface area (Å²) in [5, 5.41) is 0. The van der Waals surface area contributed by atoms with Gasteiger partial charge >= 0.3 is 5.97 Å². The molecule has 0 atom stereocenters. The van der Waals surface area contributed by atoms with Crippen molar-refractivity contribution in [3.8, 4) is 11.5 Å². The summed E-state index contributed by atoms with van der Waals surface area (Å²) in [7, 11) is 0. The maximum Gasteiger partial charge on any atom is 0.343 e. The summed E-state index contributed by atoms with van der Waals surface area (Å²) in [6.07, 6.45) is 2.70. The first-order valence-electron chi connectivity index (χ1n) is 11.2. The Kier molecular flexibility index (Phi) is 5.94. The Morgan fingerprint density at radius 2 is 1.67 bits per heavy atom. The first kappa shape index (κ1) is 22.5. The second-order valence-corrected chi connectivity index (χ2v) is 9.37. The van der Waals surface area contributed by atoms with Gasteiger partial charge in [0.1, 0.15) is 11.5 Å². The monoisotopic (exact) mass is 440 g/mol. The van der Waals surface area contributed by atoms with Crippen molar-refractivity contribution >= 4 is 17.8 Å². The number of aryl methyl sites for hydroxylation is 2. The van der Waals surface area contributed by atoms with Gasteiger partial charge < -0.3 is 9.47 Å². The van der Waals surface area contributed by atoms with Gasteiger partial charge in [0, 0.05) is 6.07 Å². The van der Waals surface area contributed by atoms with Gasteiger partial charge in [-0.3, -0.25) is 4.79 Å². The van der Waals surface area contributed by atoms with E-state index in [1.54, 1.807) is 30.3 Å². The Morgan fingerprint density at radius 1 is 1.00 bits per heavy atom. The van der Waals surface area contributed by atoms with Gasteiger partial charge in [0.15, 0.2) is 5.76 Å². The molecule has 0 aromatic heterocycles. The second-order valence-electron chi connectivity index (χ2n) is 9.37. The summed E-state index contributed by atoms with van der Waals surface area (Å²) in [6.45, 7) is 10.3. The third kappa shape index (κ3) is 4.75. The van der Waals surface area contributed by atoms with E-state index in [9.17, 15) is 9.59 Å². The number of allylic oxidation sites excluding steroid dienone is 1. The molecule has 4 nitrogen and oxygen atoms in total. The molecule has 0 saturated heterocycles. The van der Waals surface area contributed by atoms with Crippen molar-refractivity contribution in [1.82, 2.24) is 0 Å². The molecule has 33 heavy (non-hydrogen) atoms. The third-order valence-electron chi connectivity index (χ3n) is 5.83. The molecule has 3 aromatic carbocycles. The number of carbonyl (C=O) groups excluding carboxylic acids is 2. The van der Waals surface area contributed by atoms with Crippen LogP contribution in [0.3, 0.4) is 0 Å². The van der Waals surface area contributed by atoms with Crippen molar-refractivity contribution in [3.63, 3.8) is 0 Å². The number of hydrogen-bond donors (Lipinski definition) is 0. The van der Waals surface area contributed by atoms with Gasteiger partial charge in [0.25, 0.3) is 0 Å². The van der Waals surface area contributed by atoms with Crippen LogP contribution < -0.4 is 9.47 Å². The van der Waals surface area contributed by atoms with Crippen LogP contribution in [-0.4, -0.2) is 11.8 Å². The Bertz CT molecular complexity index is 1240. The molecule has 3 aromatic rings. The molecule has 0 spiro atoms. The van der Waals surface area contributed by atoms with Crippen LogP contribution in [0, 0.1) is 6.92 Å². The average molecular weight is 441 g/mol. The third-order valence-corrected chi connectivity index (χ3v) is 5.83. The number of rotatable bonds is 4. The minimum Gasteiger partial charge on any atom is -0.452 e. The van der Waals surface area contributed by atoms with Crippen molar-refractivity contribution in [2.45, 2.75) is 46.5 Å². The maximum atomic E-state index is 12.9. The zero-order valence-electron chi connectivity index (χ0n) is 19.7. The molecule has 168 valence electrons. The fourth-order valence-electron chi connectivity index (χ4n) is 3.81. The van der Waals surface area contributed by atoms with Crippen molar-refractivity contribution in [2.24, 2.45) is 0 Å². The summed E-state index contributed by atoms with van der Waals surface area (Å²) in [4.78, 5) is 25.6. The van der Waals surface area contributed by atoms with Crippen LogP contribution in [0.15, 0.2) is 66.4 Å². The molecule has 4 heteroatoms. The Morgan fingerprint density at radius 3 is 2.27 bits per heavy atom. The van der Waals surface area contributed by atoms with Crippen molar-refractivity contribution in [1.29, 1.82) is 0 Å². The number of benzene rings is 3. The lowest BCUT2D eigenvalue weighted by molar-refractivity contribution is 0.0734. The predicted octanol–water partition coefficient (Wildman–Crippen LogP) is 6.69. The number of Topliss-reactive ketones (excluding diaryl/α,β-unsaturated/α-hetero) is 1. The number of esters is 1. The predicted molar refractivity (Wildman–Crippen MR) is 130 cm³/mol. The number of ketones is 1. The van der Waals surface area contributed by atoms with Crippen LogP contribution in [0.25, 0.3) is 6.08 Å². The van der Waals surface area contributed by atoms with Crippen LogP contribution in [0.4, 0.5) is 0 Å². The average Bonchev–Trinajstić information content (AvgIpc) is 3.09. The highest BCUT2D eigenvalue weighted by Crippen LogP contribution is 2.37. The normalized spacial score (nSPS) is 14.2. The molecule has 1 aliphatic rings. The Balaban J connectivity index is 1.54.